The lowest BCUT2D eigenvalue weighted by Gasteiger charge is -2.43. The number of benzene rings is 1. The van der Waals surface area contributed by atoms with Gasteiger partial charge in [-0.15, -0.1) is 0 Å². The second-order valence-electron chi connectivity index (χ2n) is 8.34. The Morgan fingerprint density at radius 1 is 1.21 bits per heavy atom. The summed E-state index contributed by atoms with van der Waals surface area (Å²) in [5.41, 5.74) is 3.96. The summed E-state index contributed by atoms with van der Waals surface area (Å²) in [6, 6.07) is 12.8. The minimum atomic E-state index is 0.112. The Morgan fingerprint density at radius 2 is 2.11 bits per heavy atom. The van der Waals surface area contributed by atoms with Gasteiger partial charge in [0.2, 0.25) is 5.91 Å². The standard InChI is InChI=1S/C24H30N2OS/c1-19-7-2-3-9-21(19)15-22-10-4-5-11-24(22)16-23(27)26(13-14-28-24)18-20-8-6-12-25-17-20/h2-3,6-9,12,17,22H,4-5,10-11,13-16,18H2,1H3. The maximum atomic E-state index is 13.2. The molecule has 4 rings (SSSR count). The van der Waals surface area contributed by atoms with Gasteiger partial charge in [0, 0.05) is 42.4 Å². The van der Waals surface area contributed by atoms with Crippen LogP contribution in [-0.2, 0) is 17.8 Å². The van der Waals surface area contributed by atoms with Gasteiger partial charge in [0.15, 0.2) is 0 Å². The number of aryl methyl sites for hydroxylation is 1. The topological polar surface area (TPSA) is 33.2 Å². The molecule has 0 N–H and O–H groups in total. The molecule has 2 heterocycles. The molecule has 1 aliphatic carbocycles. The average molecular weight is 395 g/mol. The molecule has 0 radical (unpaired) electrons. The molecule has 4 heteroatoms. The van der Waals surface area contributed by atoms with E-state index in [0.717, 1.165) is 24.3 Å². The third kappa shape index (κ3) is 4.27. The van der Waals surface area contributed by atoms with Crippen LogP contribution in [-0.4, -0.2) is 32.8 Å². The predicted octanol–water partition coefficient (Wildman–Crippen LogP) is 5.03. The van der Waals surface area contributed by atoms with Crippen molar-refractivity contribution in [2.24, 2.45) is 5.92 Å². The second-order valence-corrected chi connectivity index (χ2v) is 9.85. The largest absolute Gasteiger partial charge is 0.337 e. The number of amides is 1. The normalized spacial score (nSPS) is 25.7. The second kappa shape index (κ2) is 8.69. The van der Waals surface area contributed by atoms with Crippen molar-refractivity contribution in [1.29, 1.82) is 0 Å². The molecule has 1 amide bonds. The first-order valence-corrected chi connectivity index (χ1v) is 11.5. The van der Waals surface area contributed by atoms with Crippen molar-refractivity contribution in [3.8, 4) is 0 Å². The van der Waals surface area contributed by atoms with Crippen LogP contribution in [0.15, 0.2) is 48.8 Å². The highest BCUT2D eigenvalue weighted by atomic mass is 32.2. The summed E-state index contributed by atoms with van der Waals surface area (Å²) in [6.45, 7) is 3.74. The zero-order valence-electron chi connectivity index (χ0n) is 16.8. The highest BCUT2D eigenvalue weighted by Gasteiger charge is 2.44. The fraction of sp³-hybridized carbons (Fsp3) is 0.500. The lowest BCUT2D eigenvalue weighted by atomic mass is 9.73. The fourth-order valence-electron chi connectivity index (χ4n) is 4.88. The van der Waals surface area contributed by atoms with Crippen molar-refractivity contribution in [2.45, 2.75) is 56.7 Å². The molecule has 2 aromatic rings. The van der Waals surface area contributed by atoms with Gasteiger partial charge in [-0.1, -0.05) is 43.2 Å². The van der Waals surface area contributed by atoms with Crippen LogP contribution in [0, 0.1) is 12.8 Å². The lowest BCUT2D eigenvalue weighted by Crippen LogP contribution is -2.42. The van der Waals surface area contributed by atoms with Crippen molar-refractivity contribution in [3.63, 3.8) is 0 Å². The molecule has 2 atom stereocenters. The summed E-state index contributed by atoms with van der Waals surface area (Å²) in [5.74, 6) is 1.95. The number of aromatic nitrogens is 1. The molecular formula is C24H30N2OS. The highest BCUT2D eigenvalue weighted by molar-refractivity contribution is 8.00. The van der Waals surface area contributed by atoms with E-state index in [2.05, 4.69) is 58.9 Å². The summed E-state index contributed by atoms with van der Waals surface area (Å²) in [5, 5.41) is 0. The molecule has 1 aliphatic heterocycles. The van der Waals surface area contributed by atoms with Crippen LogP contribution >= 0.6 is 11.8 Å². The highest BCUT2D eigenvalue weighted by Crippen LogP contribution is 2.49. The molecule has 1 aromatic heterocycles. The number of pyridine rings is 1. The molecule has 1 saturated carbocycles. The summed E-state index contributed by atoms with van der Waals surface area (Å²) in [7, 11) is 0. The van der Waals surface area contributed by atoms with E-state index in [0.29, 0.717) is 24.8 Å². The smallest absolute Gasteiger partial charge is 0.224 e. The molecule has 2 unspecified atom stereocenters. The van der Waals surface area contributed by atoms with E-state index in [4.69, 9.17) is 0 Å². The summed E-state index contributed by atoms with van der Waals surface area (Å²) >= 11 is 2.08. The molecule has 1 spiro atoms. The Labute approximate surface area is 172 Å². The molecular weight excluding hydrogens is 364 g/mol. The minimum absolute atomic E-state index is 0.112. The van der Waals surface area contributed by atoms with E-state index in [1.807, 2.05) is 12.3 Å². The molecule has 148 valence electrons. The van der Waals surface area contributed by atoms with Crippen molar-refractivity contribution in [1.82, 2.24) is 9.88 Å². The van der Waals surface area contributed by atoms with Crippen LogP contribution in [0.25, 0.3) is 0 Å². The first-order chi connectivity index (χ1) is 13.7. The number of hydrogen-bond acceptors (Lipinski definition) is 3. The van der Waals surface area contributed by atoms with Crippen molar-refractivity contribution < 1.29 is 4.79 Å². The molecule has 28 heavy (non-hydrogen) atoms. The van der Waals surface area contributed by atoms with E-state index >= 15 is 0 Å². The zero-order chi connectivity index (χ0) is 19.4. The number of hydrogen-bond donors (Lipinski definition) is 0. The van der Waals surface area contributed by atoms with E-state index in [1.54, 1.807) is 6.20 Å². The predicted molar refractivity (Wildman–Crippen MR) is 116 cm³/mol. The summed E-state index contributed by atoms with van der Waals surface area (Å²) < 4.78 is 0.112. The van der Waals surface area contributed by atoms with E-state index < -0.39 is 0 Å². The van der Waals surface area contributed by atoms with Crippen molar-refractivity contribution >= 4 is 17.7 Å². The maximum Gasteiger partial charge on any atom is 0.224 e. The number of carbonyl (C=O) groups is 1. The van der Waals surface area contributed by atoms with Crippen LogP contribution in [0.4, 0.5) is 0 Å². The quantitative estimate of drug-likeness (QED) is 0.729. The van der Waals surface area contributed by atoms with Gasteiger partial charge in [0.05, 0.1) is 0 Å². The lowest BCUT2D eigenvalue weighted by molar-refractivity contribution is -0.132. The van der Waals surface area contributed by atoms with E-state index in [9.17, 15) is 4.79 Å². The Morgan fingerprint density at radius 3 is 2.93 bits per heavy atom. The molecule has 2 fully saturated rings. The van der Waals surface area contributed by atoms with Gasteiger partial charge in [-0.25, -0.2) is 0 Å². The summed E-state index contributed by atoms with van der Waals surface area (Å²) in [4.78, 5) is 19.5. The van der Waals surface area contributed by atoms with Gasteiger partial charge >= 0.3 is 0 Å². The number of nitrogens with zero attached hydrogens (tertiary/aromatic N) is 2. The van der Waals surface area contributed by atoms with Crippen molar-refractivity contribution in [3.05, 3.63) is 65.5 Å². The van der Waals surface area contributed by atoms with Crippen LogP contribution in [0.2, 0.25) is 0 Å². The Kier molecular flexibility index (Phi) is 6.05. The van der Waals surface area contributed by atoms with Gasteiger partial charge in [-0.2, -0.15) is 11.8 Å². The van der Waals surface area contributed by atoms with Gasteiger partial charge in [-0.3, -0.25) is 9.78 Å². The van der Waals surface area contributed by atoms with Gasteiger partial charge < -0.3 is 4.90 Å². The van der Waals surface area contributed by atoms with Crippen LogP contribution < -0.4 is 0 Å². The van der Waals surface area contributed by atoms with Gasteiger partial charge in [-0.05, 0) is 54.9 Å². The van der Waals surface area contributed by atoms with Gasteiger partial charge in [0.1, 0.15) is 0 Å². The zero-order valence-corrected chi connectivity index (χ0v) is 17.6. The Hall–Kier alpha value is -1.81. The molecule has 2 aliphatic rings. The molecule has 1 aromatic carbocycles. The van der Waals surface area contributed by atoms with Crippen LogP contribution in [0.5, 0.6) is 0 Å². The maximum absolute atomic E-state index is 13.2. The monoisotopic (exact) mass is 394 g/mol. The molecule has 3 nitrogen and oxygen atoms in total. The molecule has 1 saturated heterocycles. The van der Waals surface area contributed by atoms with Gasteiger partial charge in [0.25, 0.3) is 0 Å². The Balaban J connectivity index is 1.52. The fourth-order valence-corrected chi connectivity index (χ4v) is 6.55. The number of carbonyl (C=O) groups excluding carboxylic acids is 1. The Bertz CT molecular complexity index is 809. The van der Waals surface area contributed by atoms with E-state index in [-0.39, 0.29) is 4.75 Å². The first-order valence-electron chi connectivity index (χ1n) is 10.5. The SMILES string of the molecule is Cc1ccccc1CC1CCCCC12CC(=O)N(Cc1cccnc1)CCS2. The van der Waals surface area contributed by atoms with E-state index in [1.165, 1.54) is 36.8 Å². The third-order valence-corrected chi connectivity index (χ3v) is 8.17. The molecule has 0 bridgehead atoms. The minimum Gasteiger partial charge on any atom is -0.337 e. The third-order valence-electron chi connectivity index (χ3n) is 6.52. The average Bonchev–Trinajstić information content (AvgIpc) is 2.86. The van der Waals surface area contributed by atoms with Crippen LogP contribution in [0.3, 0.4) is 0 Å². The first kappa shape index (κ1) is 19.5. The summed E-state index contributed by atoms with van der Waals surface area (Å²) in [6.07, 6.45) is 10.4. The van der Waals surface area contributed by atoms with Crippen molar-refractivity contribution in [2.75, 3.05) is 12.3 Å². The number of thioether (sulfide) groups is 1. The van der Waals surface area contributed by atoms with Crippen LogP contribution in [0.1, 0.15) is 48.8 Å². The number of rotatable bonds is 4.